The SMILES string of the molecule is C=C1CCC(N2C(=O)c3cc(F)c(CC(C)C)cc3C2=O)C(=O)N1. The third-order valence-electron chi connectivity index (χ3n) is 4.35. The van der Waals surface area contributed by atoms with Crippen LogP contribution in [0.2, 0.25) is 0 Å². The molecule has 3 amide bonds. The summed E-state index contributed by atoms with van der Waals surface area (Å²) in [6.07, 6.45) is 1.30. The minimum Gasteiger partial charge on any atom is -0.329 e. The Hall–Kier alpha value is -2.50. The van der Waals surface area contributed by atoms with Crippen molar-refractivity contribution in [2.45, 2.75) is 39.2 Å². The molecule has 1 aromatic rings. The fraction of sp³-hybridized carbons (Fsp3) is 0.389. The molecule has 24 heavy (non-hydrogen) atoms. The van der Waals surface area contributed by atoms with E-state index in [4.69, 9.17) is 0 Å². The van der Waals surface area contributed by atoms with Crippen molar-refractivity contribution < 1.29 is 18.8 Å². The lowest BCUT2D eigenvalue weighted by molar-refractivity contribution is -0.125. The Morgan fingerprint density at radius 2 is 1.88 bits per heavy atom. The Balaban J connectivity index is 1.96. The van der Waals surface area contributed by atoms with Gasteiger partial charge in [0.15, 0.2) is 0 Å². The van der Waals surface area contributed by atoms with Crippen molar-refractivity contribution in [1.29, 1.82) is 0 Å². The number of hydrogen-bond acceptors (Lipinski definition) is 3. The molecular weight excluding hydrogens is 311 g/mol. The van der Waals surface area contributed by atoms with Crippen LogP contribution in [0.4, 0.5) is 4.39 Å². The monoisotopic (exact) mass is 330 g/mol. The summed E-state index contributed by atoms with van der Waals surface area (Å²) in [6, 6.07) is 1.69. The lowest BCUT2D eigenvalue weighted by Gasteiger charge is -2.29. The molecule has 1 unspecified atom stereocenters. The zero-order valence-corrected chi connectivity index (χ0v) is 13.7. The average Bonchev–Trinajstić information content (AvgIpc) is 2.72. The predicted molar refractivity (Wildman–Crippen MR) is 85.7 cm³/mol. The van der Waals surface area contributed by atoms with Crippen molar-refractivity contribution >= 4 is 17.7 Å². The van der Waals surface area contributed by atoms with Crippen LogP contribution in [0.5, 0.6) is 0 Å². The number of fused-ring (bicyclic) bond motifs is 1. The molecule has 0 aliphatic carbocycles. The van der Waals surface area contributed by atoms with E-state index in [-0.39, 0.29) is 17.0 Å². The van der Waals surface area contributed by atoms with E-state index in [9.17, 15) is 18.8 Å². The van der Waals surface area contributed by atoms with Gasteiger partial charge in [-0.2, -0.15) is 0 Å². The minimum atomic E-state index is -0.875. The van der Waals surface area contributed by atoms with Crippen LogP contribution in [0.1, 0.15) is 53.0 Å². The number of nitrogens with zero attached hydrogens (tertiary/aromatic N) is 1. The van der Waals surface area contributed by atoms with Gasteiger partial charge < -0.3 is 5.32 Å². The molecule has 1 N–H and O–H groups in total. The zero-order chi connectivity index (χ0) is 17.6. The fourth-order valence-electron chi connectivity index (χ4n) is 3.21. The van der Waals surface area contributed by atoms with Crippen molar-refractivity contribution in [3.63, 3.8) is 0 Å². The van der Waals surface area contributed by atoms with E-state index in [0.29, 0.717) is 30.5 Å². The van der Waals surface area contributed by atoms with Gasteiger partial charge in [0, 0.05) is 5.70 Å². The first-order chi connectivity index (χ1) is 11.3. The quantitative estimate of drug-likeness (QED) is 0.866. The highest BCUT2D eigenvalue weighted by Crippen LogP contribution is 2.30. The highest BCUT2D eigenvalue weighted by atomic mass is 19.1. The second kappa shape index (κ2) is 5.85. The van der Waals surface area contributed by atoms with Gasteiger partial charge in [0.1, 0.15) is 11.9 Å². The summed E-state index contributed by atoms with van der Waals surface area (Å²) in [4.78, 5) is 38.3. The summed E-state index contributed by atoms with van der Waals surface area (Å²) < 4.78 is 14.2. The molecule has 1 aromatic carbocycles. The van der Waals surface area contributed by atoms with Crippen LogP contribution in [0.3, 0.4) is 0 Å². The van der Waals surface area contributed by atoms with Crippen LogP contribution in [0.25, 0.3) is 0 Å². The number of hydrogen-bond donors (Lipinski definition) is 1. The molecule has 0 aromatic heterocycles. The van der Waals surface area contributed by atoms with Crippen LogP contribution < -0.4 is 5.32 Å². The molecule has 126 valence electrons. The summed E-state index contributed by atoms with van der Waals surface area (Å²) >= 11 is 0. The van der Waals surface area contributed by atoms with Crippen LogP contribution >= 0.6 is 0 Å². The standard InChI is InChI=1S/C18H19FN2O3/c1-9(2)6-11-7-12-13(8-14(11)19)18(24)21(17(12)23)15-5-4-10(3)20-16(15)22/h7-9,15H,3-6H2,1-2H3,(H,20,22). The summed E-state index contributed by atoms with van der Waals surface area (Å²) in [5.74, 6) is -1.85. The molecule has 2 heterocycles. The van der Waals surface area contributed by atoms with Crippen molar-refractivity contribution in [2.24, 2.45) is 5.92 Å². The Morgan fingerprint density at radius 1 is 1.25 bits per heavy atom. The van der Waals surface area contributed by atoms with Crippen LogP contribution in [0, 0.1) is 11.7 Å². The average molecular weight is 330 g/mol. The molecule has 6 heteroatoms. The Kier molecular flexibility index (Phi) is 3.99. The normalized spacial score (nSPS) is 20.7. The molecule has 2 aliphatic rings. The second-order valence-electron chi connectivity index (χ2n) is 6.71. The molecule has 0 radical (unpaired) electrons. The van der Waals surface area contributed by atoms with E-state index in [1.54, 1.807) is 0 Å². The maximum Gasteiger partial charge on any atom is 0.262 e. The van der Waals surface area contributed by atoms with Crippen molar-refractivity contribution in [1.82, 2.24) is 10.2 Å². The fourth-order valence-corrected chi connectivity index (χ4v) is 3.21. The van der Waals surface area contributed by atoms with E-state index in [1.165, 1.54) is 6.07 Å². The highest BCUT2D eigenvalue weighted by molar-refractivity contribution is 6.23. The van der Waals surface area contributed by atoms with Crippen LogP contribution in [0.15, 0.2) is 24.4 Å². The van der Waals surface area contributed by atoms with Gasteiger partial charge in [0.2, 0.25) is 5.91 Å². The van der Waals surface area contributed by atoms with Gasteiger partial charge in [-0.3, -0.25) is 19.3 Å². The molecular formula is C18H19FN2O3. The Labute approximate surface area is 139 Å². The molecule has 3 rings (SSSR count). The van der Waals surface area contributed by atoms with Gasteiger partial charge >= 0.3 is 0 Å². The molecule has 2 aliphatic heterocycles. The van der Waals surface area contributed by atoms with Crippen LogP contribution in [-0.4, -0.2) is 28.7 Å². The van der Waals surface area contributed by atoms with Crippen molar-refractivity contribution in [2.75, 3.05) is 0 Å². The van der Waals surface area contributed by atoms with Gasteiger partial charge in [-0.05, 0) is 42.9 Å². The molecule has 1 atom stereocenters. The summed E-state index contributed by atoms with van der Waals surface area (Å²) in [5, 5.41) is 2.57. The van der Waals surface area contributed by atoms with Gasteiger partial charge in [-0.25, -0.2) is 4.39 Å². The number of carbonyl (C=O) groups is 3. The molecule has 1 fully saturated rings. The first-order valence-electron chi connectivity index (χ1n) is 7.98. The van der Waals surface area contributed by atoms with Crippen LogP contribution in [-0.2, 0) is 11.2 Å². The minimum absolute atomic E-state index is 0.0298. The van der Waals surface area contributed by atoms with E-state index >= 15 is 0 Å². The number of rotatable bonds is 3. The van der Waals surface area contributed by atoms with Gasteiger partial charge in [-0.1, -0.05) is 20.4 Å². The highest BCUT2D eigenvalue weighted by Gasteiger charge is 2.44. The Bertz CT molecular complexity index is 770. The number of nitrogens with one attached hydrogen (secondary N) is 1. The maximum absolute atomic E-state index is 14.2. The van der Waals surface area contributed by atoms with E-state index in [0.717, 1.165) is 11.0 Å². The first-order valence-corrected chi connectivity index (χ1v) is 7.98. The molecule has 5 nitrogen and oxygen atoms in total. The second-order valence-corrected chi connectivity index (χ2v) is 6.71. The third-order valence-corrected chi connectivity index (χ3v) is 4.35. The number of carbonyl (C=O) groups excluding carboxylic acids is 3. The number of benzene rings is 1. The number of amides is 3. The van der Waals surface area contributed by atoms with E-state index in [1.807, 2.05) is 13.8 Å². The molecule has 1 saturated heterocycles. The topological polar surface area (TPSA) is 66.5 Å². The van der Waals surface area contributed by atoms with E-state index in [2.05, 4.69) is 11.9 Å². The van der Waals surface area contributed by atoms with Crippen molar-refractivity contribution in [3.05, 3.63) is 46.9 Å². The summed E-state index contributed by atoms with van der Waals surface area (Å²) in [7, 11) is 0. The summed E-state index contributed by atoms with van der Waals surface area (Å²) in [5.41, 5.74) is 1.18. The van der Waals surface area contributed by atoms with Gasteiger partial charge in [-0.15, -0.1) is 0 Å². The lowest BCUT2D eigenvalue weighted by Crippen LogP contribution is -2.51. The largest absolute Gasteiger partial charge is 0.329 e. The Morgan fingerprint density at radius 3 is 2.46 bits per heavy atom. The van der Waals surface area contributed by atoms with Crippen molar-refractivity contribution in [3.8, 4) is 0 Å². The lowest BCUT2D eigenvalue weighted by atomic mass is 9.98. The molecule has 0 spiro atoms. The number of imide groups is 1. The van der Waals surface area contributed by atoms with Gasteiger partial charge in [0.05, 0.1) is 11.1 Å². The predicted octanol–water partition coefficient (Wildman–Crippen LogP) is 2.41. The molecule has 0 bridgehead atoms. The van der Waals surface area contributed by atoms with E-state index < -0.39 is 29.6 Å². The summed E-state index contributed by atoms with van der Waals surface area (Å²) in [6.45, 7) is 7.58. The molecule has 0 saturated carbocycles. The number of halogens is 1. The zero-order valence-electron chi connectivity index (χ0n) is 13.7. The third kappa shape index (κ3) is 2.62. The first kappa shape index (κ1) is 16.4. The number of allylic oxidation sites excluding steroid dienone is 1. The smallest absolute Gasteiger partial charge is 0.262 e. The van der Waals surface area contributed by atoms with Gasteiger partial charge in [0.25, 0.3) is 11.8 Å². The number of piperidine rings is 1. The maximum atomic E-state index is 14.2.